The van der Waals surface area contributed by atoms with Gasteiger partial charge in [-0.25, -0.2) is 4.98 Å². The molecule has 5 rings (SSSR count). The highest BCUT2D eigenvalue weighted by atomic mass is 32.1. The number of methoxy groups -OCH3 is 1. The number of thiazole rings is 1. The van der Waals surface area contributed by atoms with Gasteiger partial charge in [0.1, 0.15) is 5.75 Å². The summed E-state index contributed by atoms with van der Waals surface area (Å²) in [4.78, 5) is 45.9. The first-order valence-electron chi connectivity index (χ1n) is 11.3. The SMILES string of the molecule is COc1ccc(N2CC(C(=O)Nc3nc(-c4ccc5c(c4)C(C)(C)C(=O)N5C)cs3)CC2=O)cc1. The summed E-state index contributed by atoms with van der Waals surface area (Å²) in [7, 11) is 3.38. The van der Waals surface area contributed by atoms with Crippen molar-refractivity contribution < 1.29 is 19.1 Å². The maximum atomic E-state index is 12.9. The van der Waals surface area contributed by atoms with Crippen molar-refractivity contribution in [1.82, 2.24) is 4.98 Å². The molecule has 1 saturated heterocycles. The Balaban J connectivity index is 1.28. The Bertz CT molecular complexity index is 1330. The van der Waals surface area contributed by atoms with E-state index in [2.05, 4.69) is 10.3 Å². The van der Waals surface area contributed by atoms with Crippen LogP contribution < -0.4 is 19.9 Å². The lowest BCUT2D eigenvalue weighted by molar-refractivity contribution is -0.122. The normalized spacial score (nSPS) is 18.7. The second-order valence-electron chi connectivity index (χ2n) is 9.35. The molecule has 2 aliphatic rings. The summed E-state index contributed by atoms with van der Waals surface area (Å²) >= 11 is 1.33. The van der Waals surface area contributed by atoms with Crippen molar-refractivity contribution in [2.75, 3.05) is 35.8 Å². The van der Waals surface area contributed by atoms with Crippen LogP contribution in [0.1, 0.15) is 25.8 Å². The smallest absolute Gasteiger partial charge is 0.236 e. The van der Waals surface area contributed by atoms with Crippen LogP contribution in [0.25, 0.3) is 11.3 Å². The van der Waals surface area contributed by atoms with Crippen molar-refractivity contribution in [2.24, 2.45) is 5.92 Å². The van der Waals surface area contributed by atoms with Gasteiger partial charge >= 0.3 is 0 Å². The van der Waals surface area contributed by atoms with Crippen LogP contribution in [0.4, 0.5) is 16.5 Å². The van der Waals surface area contributed by atoms with Gasteiger partial charge in [0.25, 0.3) is 0 Å². The maximum absolute atomic E-state index is 12.9. The Hall–Kier alpha value is -3.72. The standard InChI is InChI=1S/C26H26N4O4S/c1-26(2)19-11-15(5-10-21(19)29(3)24(26)33)20-14-35-25(27-20)28-23(32)16-12-22(31)30(13-16)17-6-8-18(34-4)9-7-17/h5-11,14,16H,12-13H2,1-4H3,(H,27,28,32). The van der Waals surface area contributed by atoms with E-state index in [0.717, 1.165) is 28.2 Å². The summed E-state index contributed by atoms with van der Waals surface area (Å²) in [5, 5.41) is 5.24. The number of aromatic nitrogens is 1. The average molecular weight is 491 g/mol. The van der Waals surface area contributed by atoms with E-state index in [1.54, 1.807) is 36.1 Å². The minimum atomic E-state index is -0.599. The molecule has 0 saturated carbocycles. The molecule has 0 bridgehead atoms. The molecule has 3 aromatic rings. The lowest BCUT2D eigenvalue weighted by Crippen LogP contribution is -2.33. The highest BCUT2D eigenvalue weighted by Gasteiger charge is 2.42. The number of amides is 3. The molecule has 2 aliphatic heterocycles. The van der Waals surface area contributed by atoms with Crippen LogP contribution in [-0.2, 0) is 19.8 Å². The predicted molar refractivity (Wildman–Crippen MR) is 136 cm³/mol. The number of benzene rings is 2. The number of carbonyl (C=O) groups is 3. The summed E-state index contributed by atoms with van der Waals surface area (Å²) in [6, 6.07) is 13.1. The first kappa shape index (κ1) is 23.0. The van der Waals surface area contributed by atoms with Gasteiger partial charge in [0, 0.05) is 42.3 Å². The van der Waals surface area contributed by atoms with Crippen molar-refractivity contribution in [3.8, 4) is 17.0 Å². The quantitative estimate of drug-likeness (QED) is 0.582. The Kier molecular flexibility index (Phi) is 5.59. The predicted octanol–water partition coefficient (Wildman–Crippen LogP) is 4.06. The molecule has 1 fully saturated rings. The lowest BCUT2D eigenvalue weighted by atomic mass is 9.85. The van der Waals surface area contributed by atoms with E-state index in [4.69, 9.17) is 4.74 Å². The van der Waals surface area contributed by atoms with Crippen molar-refractivity contribution in [3.63, 3.8) is 0 Å². The number of hydrogen-bond donors (Lipinski definition) is 1. The minimum absolute atomic E-state index is 0.0608. The van der Waals surface area contributed by atoms with Crippen LogP contribution in [0.15, 0.2) is 47.8 Å². The van der Waals surface area contributed by atoms with Gasteiger partial charge in [0.2, 0.25) is 17.7 Å². The van der Waals surface area contributed by atoms with E-state index >= 15 is 0 Å². The first-order chi connectivity index (χ1) is 16.7. The number of fused-ring (bicyclic) bond motifs is 1. The number of carbonyl (C=O) groups excluding carboxylic acids is 3. The number of nitrogens with one attached hydrogen (secondary N) is 1. The Labute approximate surface area is 207 Å². The van der Waals surface area contributed by atoms with Crippen LogP contribution in [0.2, 0.25) is 0 Å². The number of ether oxygens (including phenoxy) is 1. The summed E-state index contributed by atoms with van der Waals surface area (Å²) < 4.78 is 5.17. The molecule has 2 aromatic carbocycles. The average Bonchev–Trinajstić information content (AvgIpc) is 3.53. The molecule has 1 aromatic heterocycles. The third kappa shape index (κ3) is 3.95. The lowest BCUT2D eigenvalue weighted by Gasteiger charge is -2.17. The van der Waals surface area contributed by atoms with Gasteiger partial charge in [-0.2, -0.15) is 0 Å². The van der Waals surface area contributed by atoms with Crippen LogP contribution >= 0.6 is 11.3 Å². The summed E-state index contributed by atoms with van der Waals surface area (Å²) in [5.41, 5.74) is 3.62. The number of likely N-dealkylation sites (N-methyl/N-ethyl adjacent to an activating group) is 1. The van der Waals surface area contributed by atoms with Crippen LogP contribution in [-0.4, -0.2) is 43.4 Å². The summed E-state index contributed by atoms with van der Waals surface area (Å²) in [6.07, 6.45) is 0.150. The third-order valence-electron chi connectivity index (χ3n) is 6.78. The first-order valence-corrected chi connectivity index (χ1v) is 12.2. The zero-order chi connectivity index (χ0) is 24.9. The fourth-order valence-electron chi connectivity index (χ4n) is 4.70. The largest absolute Gasteiger partial charge is 0.497 e. The fourth-order valence-corrected chi connectivity index (χ4v) is 5.42. The molecule has 3 amide bonds. The highest BCUT2D eigenvalue weighted by molar-refractivity contribution is 7.14. The molecular weight excluding hydrogens is 464 g/mol. The van der Waals surface area contributed by atoms with E-state index < -0.39 is 11.3 Å². The van der Waals surface area contributed by atoms with Gasteiger partial charge in [-0.05, 0) is 55.8 Å². The molecule has 180 valence electrons. The van der Waals surface area contributed by atoms with Crippen molar-refractivity contribution in [1.29, 1.82) is 0 Å². The van der Waals surface area contributed by atoms with Gasteiger partial charge in [-0.3, -0.25) is 14.4 Å². The van der Waals surface area contributed by atoms with Crippen molar-refractivity contribution >= 4 is 45.6 Å². The zero-order valence-electron chi connectivity index (χ0n) is 20.0. The summed E-state index contributed by atoms with van der Waals surface area (Å²) in [6.45, 7) is 4.16. The van der Waals surface area contributed by atoms with Gasteiger partial charge < -0.3 is 19.9 Å². The van der Waals surface area contributed by atoms with Crippen LogP contribution in [0, 0.1) is 5.92 Å². The molecular formula is C26H26N4O4S. The van der Waals surface area contributed by atoms with E-state index in [1.165, 1.54) is 11.3 Å². The Morgan fingerprint density at radius 1 is 1.17 bits per heavy atom. The van der Waals surface area contributed by atoms with Gasteiger partial charge in [0.05, 0.1) is 24.1 Å². The van der Waals surface area contributed by atoms with Crippen molar-refractivity contribution in [2.45, 2.75) is 25.7 Å². The fraction of sp³-hybridized carbons (Fsp3) is 0.308. The van der Waals surface area contributed by atoms with E-state index in [0.29, 0.717) is 17.4 Å². The molecule has 0 radical (unpaired) electrons. The third-order valence-corrected chi connectivity index (χ3v) is 7.54. The van der Waals surface area contributed by atoms with Gasteiger partial charge in [0.15, 0.2) is 5.13 Å². The molecule has 1 N–H and O–H groups in total. The van der Waals surface area contributed by atoms with Crippen LogP contribution in [0.5, 0.6) is 5.75 Å². The highest BCUT2D eigenvalue weighted by Crippen LogP contribution is 2.42. The maximum Gasteiger partial charge on any atom is 0.236 e. The van der Waals surface area contributed by atoms with Gasteiger partial charge in [-0.15, -0.1) is 11.3 Å². The van der Waals surface area contributed by atoms with E-state index in [-0.39, 0.29) is 24.1 Å². The molecule has 0 spiro atoms. The Morgan fingerprint density at radius 2 is 1.91 bits per heavy atom. The van der Waals surface area contributed by atoms with E-state index in [9.17, 15) is 14.4 Å². The second kappa shape index (κ2) is 8.49. The van der Waals surface area contributed by atoms with Gasteiger partial charge in [-0.1, -0.05) is 6.07 Å². The number of hydrogen-bond acceptors (Lipinski definition) is 6. The molecule has 35 heavy (non-hydrogen) atoms. The number of rotatable bonds is 5. The second-order valence-corrected chi connectivity index (χ2v) is 10.2. The zero-order valence-corrected chi connectivity index (χ0v) is 20.8. The van der Waals surface area contributed by atoms with E-state index in [1.807, 2.05) is 49.6 Å². The van der Waals surface area contributed by atoms with Crippen molar-refractivity contribution in [3.05, 3.63) is 53.4 Å². The molecule has 1 atom stereocenters. The number of anilines is 3. The minimum Gasteiger partial charge on any atom is -0.497 e. The molecule has 0 aliphatic carbocycles. The monoisotopic (exact) mass is 490 g/mol. The molecule has 9 heteroatoms. The summed E-state index contributed by atoms with van der Waals surface area (Å²) in [5.74, 6) is -0.00206. The molecule has 8 nitrogen and oxygen atoms in total. The Morgan fingerprint density at radius 3 is 2.63 bits per heavy atom. The van der Waals surface area contributed by atoms with Crippen LogP contribution in [0.3, 0.4) is 0 Å². The molecule has 1 unspecified atom stereocenters. The number of nitrogens with zero attached hydrogens (tertiary/aromatic N) is 3. The molecule has 3 heterocycles. The topological polar surface area (TPSA) is 91.8 Å².